The molecule has 8 heteroatoms. The second-order valence-corrected chi connectivity index (χ2v) is 3.45. The first-order valence-corrected chi connectivity index (χ1v) is 4.39. The standard InChI is InChI=1S/C9H11F5O3/c1-4(2)6(15)17-5(3)8(10,11)7(16)9(12,13)14/h5,7,16H,1H2,2-3H3. The summed E-state index contributed by atoms with van der Waals surface area (Å²) < 4.78 is 65.9. The Bertz CT molecular complexity index is 310. The van der Waals surface area contributed by atoms with Gasteiger partial charge in [0, 0.05) is 5.57 Å². The van der Waals surface area contributed by atoms with E-state index in [0.29, 0.717) is 6.92 Å². The summed E-state index contributed by atoms with van der Waals surface area (Å²) in [6, 6.07) is 0. The van der Waals surface area contributed by atoms with Gasteiger partial charge in [0.15, 0.2) is 6.10 Å². The molecule has 0 aliphatic carbocycles. The van der Waals surface area contributed by atoms with E-state index >= 15 is 0 Å². The molecule has 1 N–H and O–H groups in total. The van der Waals surface area contributed by atoms with Crippen LogP contribution in [0.4, 0.5) is 22.0 Å². The van der Waals surface area contributed by atoms with Gasteiger partial charge in [-0.15, -0.1) is 0 Å². The van der Waals surface area contributed by atoms with Gasteiger partial charge in [0.25, 0.3) is 0 Å². The first kappa shape index (κ1) is 15.8. The lowest BCUT2D eigenvalue weighted by molar-refractivity contribution is -0.290. The van der Waals surface area contributed by atoms with Crippen molar-refractivity contribution in [2.45, 2.75) is 38.2 Å². The van der Waals surface area contributed by atoms with Gasteiger partial charge in [-0.3, -0.25) is 0 Å². The van der Waals surface area contributed by atoms with Gasteiger partial charge < -0.3 is 9.84 Å². The number of aliphatic hydroxyl groups excluding tert-OH is 1. The number of hydrogen-bond donors (Lipinski definition) is 1. The minimum absolute atomic E-state index is 0.242. The molecule has 0 aromatic carbocycles. The quantitative estimate of drug-likeness (QED) is 0.479. The molecule has 0 fully saturated rings. The van der Waals surface area contributed by atoms with Crippen LogP contribution in [0.5, 0.6) is 0 Å². The van der Waals surface area contributed by atoms with E-state index in [2.05, 4.69) is 11.3 Å². The van der Waals surface area contributed by atoms with Crippen molar-refractivity contribution in [1.29, 1.82) is 0 Å². The molecule has 0 radical (unpaired) electrons. The van der Waals surface area contributed by atoms with E-state index in [9.17, 15) is 26.7 Å². The predicted molar refractivity (Wildman–Crippen MR) is 47.4 cm³/mol. The largest absolute Gasteiger partial charge is 0.453 e. The maximum absolute atomic E-state index is 13.1. The lowest BCUT2D eigenvalue weighted by Crippen LogP contribution is -2.52. The predicted octanol–water partition coefficient (Wildman–Crippen LogP) is 2.05. The number of esters is 1. The van der Waals surface area contributed by atoms with Gasteiger partial charge in [-0.25, -0.2) is 4.79 Å². The molecule has 3 nitrogen and oxygen atoms in total. The van der Waals surface area contributed by atoms with E-state index in [1.54, 1.807) is 0 Å². The molecule has 0 saturated carbocycles. The molecule has 0 aromatic heterocycles. The minimum atomic E-state index is -5.51. The summed E-state index contributed by atoms with van der Waals surface area (Å²) >= 11 is 0. The summed E-state index contributed by atoms with van der Waals surface area (Å²) in [4.78, 5) is 10.9. The first-order chi connectivity index (χ1) is 7.40. The molecule has 0 amide bonds. The highest BCUT2D eigenvalue weighted by Gasteiger charge is 2.59. The summed E-state index contributed by atoms with van der Waals surface area (Å²) in [7, 11) is 0. The van der Waals surface area contributed by atoms with Crippen molar-refractivity contribution < 1.29 is 36.6 Å². The third-order valence-corrected chi connectivity index (χ3v) is 1.85. The molecule has 2 unspecified atom stereocenters. The van der Waals surface area contributed by atoms with Crippen LogP contribution in [0.25, 0.3) is 0 Å². The fourth-order valence-electron chi connectivity index (χ4n) is 0.780. The third kappa shape index (κ3) is 3.95. The highest BCUT2D eigenvalue weighted by atomic mass is 19.4. The Balaban J connectivity index is 4.82. The number of ether oxygens (including phenoxy) is 1. The minimum Gasteiger partial charge on any atom is -0.453 e. The Morgan fingerprint density at radius 2 is 1.71 bits per heavy atom. The van der Waals surface area contributed by atoms with Gasteiger partial charge in [-0.2, -0.15) is 22.0 Å². The lowest BCUT2D eigenvalue weighted by atomic mass is 10.1. The van der Waals surface area contributed by atoms with Crippen LogP contribution in [0.2, 0.25) is 0 Å². The van der Waals surface area contributed by atoms with E-state index in [1.165, 1.54) is 0 Å². The van der Waals surface area contributed by atoms with Gasteiger partial charge in [0.2, 0.25) is 6.10 Å². The van der Waals surface area contributed by atoms with Gasteiger partial charge in [0.1, 0.15) is 0 Å². The van der Waals surface area contributed by atoms with Crippen LogP contribution in [0.1, 0.15) is 13.8 Å². The topological polar surface area (TPSA) is 46.5 Å². The number of alkyl halides is 5. The molecular formula is C9H11F5O3. The van der Waals surface area contributed by atoms with Gasteiger partial charge in [0.05, 0.1) is 0 Å². The van der Waals surface area contributed by atoms with Crippen molar-refractivity contribution >= 4 is 5.97 Å². The summed E-state index contributed by atoms with van der Waals surface area (Å²) in [5.41, 5.74) is -0.242. The molecule has 0 spiro atoms. The number of carbonyl (C=O) groups excluding carboxylic acids is 1. The fraction of sp³-hybridized carbons (Fsp3) is 0.667. The normalized spacial score (nSPS) is 16.2. The molecule has 2 atom stereocenters. The molecule has 0 aliphatic rings. The molecule has 0 rings (SSSR count). The van der Waals surface area contributed by atoms with Crippen LogP contribution in [0.15, 0.2) is 12.2 Å². The lowest BCUT2D eigenvalue weighted by Gasteiger charge is -2.29. The monoisotopic (exact) mass is 262 g/mol. The van der Waals surface area contributed by atoms with E-state index in [1.807, 2.05) is 0 Å². The first-order valence-electron chi connectivity index (χ1n) is 4.39. The van der Waals surface area contributed by atoms with Crippen molar-refractivity contribution in [3.63, 3.8) is 0 Å². The van der Waals surface area contributed by atoms with Crippen molar-refractivity contribution in [3.05, 3.63) is 12.2 Å². The summed E-state index contributed by atoms with van der Waals surface area (Å²) in [6.45, 7) is 4.78. The Hall–Kier alpha value is -1.18. The second-order valence-electron chi connectivity index (χ2n) is 3.45. The highest BCUT2D eigenvalue weighted by molar-refractivity contribution is 5.87. The number of carbonyl (C=O) groups is 1. The van der Waals surface area contributed by atoms with E-state index in [0.717, 1.165) is 6.92 Å². The van der Waals surface area contributed by atoms with Crippen molar-refractivity contribution in [1.82, 2.24) is 0 Å². The zero-order valence-electron chi connectivity index (χ0n) is 9.02. The zero-order chi connectivity index (χ0) is 14.0. The summed E-state index contributed by atoms with van der Waals surface area (Å²) in [5.74, 6) is -5.89. The summed E-state index contributed by atoms with van der Waals surface area (Å²) in [5, 5.41) is 8.45. The van der Waals surface area contributed by atoms with Crippen LogP contribution in [-0.4, -0.2) is 35.4 Å². The van der Waals surface area contributed by atoms with Crippen molar-refractivity contribution in [3.8, 4) is 0 Å². The van der Waals surface area contributed by atoms with Crippen LogP contribution in [-0.2, 0) is 9.53 Å². The molecule has 0 aliphatic heterocycles. The zero-order valence-corrected chi connectivity index (χ0v) is 9.02. The van der Waals surface area contributed by atoms with E-state index in [-0.39, 0.29) is 5.57 Å². The Morgan fingerprint density at radius 1 is 1.29 bits per heavy atom. The molecule has 100 valence electrons. The molecule has 0 bridgehead atoms. The Kier molecular flexibility index (Phi) is 4.64. The average molecular weight is 262 g/mol. The SMILES string of the molecule is C=C(C)C(=O)OC(C)C(F)(F)C(O)C(F)(F)F. The van der Waals surface area contributed by atoms with Crippen LogP contribution < -0.4 is 0 Å². The van der Waals surface area contributed by atoms with Gasteiger partial charge >= 0.3 is 18.1 Å². The van der Waals surface area contributed by atoms with Crippen LogP contribution in [0, 0.1) is 0 Å². The molecule has 0 heterocycles. The summed E-state index contributed by atoms with van der Waals surface area (Å²) in [6.07, 6.45) is -11.8. The van der Waals surface area contributed by atoms with Gasteiger partial charge in [-0.1, -0.05) is 6.58 Å². The second kappa shape index (κ2) is 4.99. The maximum Gasteiger partial charge on any atom is 0.420 e. The van der Waals surface area contributed by atoms with Crippen molar-refractivity contribution in [2.75, 3.05) is 0 Å². The fourth-order valence-corrected chi connectivity index (χ4v) is 0.780. The van der Waals surface area contributed by atoms with Crippen molar-refractivity contribution in [2.24, 2.45) is 0 Å². The number of halogens is 5. The number of rotatable bonds is 4. The Morgan fingerprint density at radius 3 is 2.00 bits per heavy atom. The Labute approximate surface area is 93.9 Å². The smallest absolute Gasteiger partial charge is 0.420 e. The van der Waals surface area contributed by atoms with Gasteiger partial charge in [-0.05, 0) is 13.8 Å². The number of aliphatic hydroxyl groups is 1. The van der Waals surface area contributed by atoms with E-state index < -0.39 is 30.3 Å². The molecule has 0 aromatic rings. The van der Waals surface area contributed by atoms with Crippen LogP contribution >= 0.6 is 0 Å². The number of hydrogen-bond acceptors (Lipinski definition) is 3. The van der Waals surface area contributed by atoms with Crippen LogP contribution in [0.3, 0.4) is 0 Å². The molecular weight excluding hydrogens is 251 g/mol. The highest BCUT2D eigenvalue weighted by Crippen LogP contribution is 2.35. The average Bonchev–Trinajstić information content (AvgIpc) is 2.14. The molecule has 0 saturated heterocycles. The molecule has 17 heavy (non-hydrogen) atoms. The van der Waals surface area contributed by atoms with E-state index in [4.69, 9.17) is 5.11 Å². The maximum atomic E-state index is 13.1. The third-order valence-electron chi connectivity index (χ3n) is 1.85.